The van der Waals surface area contributed by atoms with Crippen LogP contribution >= 0.6 is 0 Å². The van der Waals surface area contributed by atoms with Crippen LogP contribution < -0.4 is 5.06 Å². The van der Waals surface area contributed by atoms with Crippen LogP contribution in [0.2, 0.25) is 0 Å². The molecule has 0 atom stereocenters. The van der Waals surface area contributed by atoms with Gasteiger partial charge in [-0.25, -0.2) is 5.06 Å². The molecule has 0 spiro atoms. The van der Waals surface area contributed by atoms with E-state index in [0.29, 0.717) is 16.2 Å². The largest absolute Gasteiger partial charge is 0.485 e. The third kappa shape index (κ3) is 4.19. The highest BCUT2D eigenvalue weighted by atomic mass is 19.4. The molecule has 0 bridgehead atoms. The first-order valence-corrected chi connectivity index (χ1v) is 6.71. The summed E-state index contributed by atoms with van der Waals surface area (Å²) in [6, 6.07) is 14.5. The minimum absolute atomic E-state index is 0.139. The number of anilines is 1. The number of hydrogen-bond donors (Lipinski definition) is 0. The second-order valence-corrected chi connectivity index (χ2v) is 4.91. The molecule has 0 aliphatic rings. The number of para-hydroxylation sites is 1. The van der Waals surface area contributed by atoms with Gasteiger partial charge in [0.1, 0.15) is 0 Å². The van der Waals surface area contributed by atoms with Crippen LogP contribution in [-0.2, 0) is 11.4 Å². The van der Waals surface area contributed by atoms with Gasteiger partial charge in [0.05, 0.1) is 12.2 Å². The standard InChI is InChI=1S/C16H14F5NO/c1-12-7-5-6-10-14(12)22(11-13-8-3-2-4-9-13)23-16(20,21)15(17,18)19/h2-10H,11H2,1H3. The van der Waals surface area contributed by atoms with Crippen LogP contribution in [0.3, 0.4) is 0 Å². The average molecular weight is 331 g/mol. The van der Waals surface area contributed by atoms with Crippen molar-refractivity contribution in [2.24, 2.45) is 0 Å². The summed E-state index contributed by atoms with van der Waals surface area (Å²) >= 11 is 0. The van der Waals surface area contributed by atoms with Crippen LogP contribution in [0.15, 0.2) is 54.6 Å². The Morgan fingerprint density at radius 3 is 2.00 bits per heavy atom. The van der Waals surface area contributed by atoms with Gasteiger partial charge in [-0.1, -0.05) is 48.5 Å². The van der Waals surface area contributed by atoms with Gasteiger partial charge < -0.3 is 0 Å². The monoisotopic (exact) mass is 331 g/mol. The molecule has 7 heteroatoms. The van der Waals surface area contributed by atoms with Crippen molar-refractivity contribution < 1.29 is 26.8 Å². The maximum absolute atomic E-state index is 13.3. The first-order valence-electron chi connectivity index (χ1n) is 6.71. The molecule has 2 nitrogen and oxygen atoms in total. The fourth-order valence-electron chi connectivity index (χ4n) is 1.95. The van der Waals surface area contributed by atoms with Gasteiger partial charge >= 0.3 is 12.3 Å². The lowest BCUT2D eigenvalue weighted by Gasteiger charge is -2.30. The molecule has 0 aliphatic carbocycles. The highest BCUT2D eigenvalue weighted by Gasteiger charge is 2.61. The van der Waals surface area contributed by atoms with E-state index in [1.807, 2.05) is 0 Å². The Morgan fingerprint density at radius 2 is 1.43 bits per heavy atom. The summed E-state index contributed by atoms with van der Waals surface area (Å²) in [6.45, 7) is 1.35. The first kappa shape index (κ1) is 17.2. The molecule has 0 radical (unpaired) electrons. The normalized spacial score (nSPS) is 12.3. The molecule has 0 unspecified atom stereocenters. The molecule has 124 valence electrons. The van der Waals surface area contributed by atoms with Gasteiger partial charge in [0.15, 0.2) is 0 Å². The van der Waals surface area contributed by atoms with E-state index >= 15 is 0 Å². The van der Waals surface area contributed by atoms with E-state index in [9.17, 15) is 22.0 Å². The number of rotatable bonds is 5. The lowest BCUT2D eigenvalue weighted by molar-refractivity contribution is -0.395. The molecule has 0 amide bonds. The fraction of sp³-hybridized carbons (Fsp3) is 0.250. The van der Waals surface area contributed by atoms with Crippen molar-refractivity contribution in [3.63, 3.8) is 0 Å². The zero-order valence-corrected chi connectivity index (χ0v) is 12.1. The van der Waals surface area contributed by atoms with Crippen LogP contribution in [0, 0.1) is 6.92 Å². The summed E-state index contributed by atoms with van der Waals surface area (Å²) in [6.07, 6.45) is -11.1. The zero-order chi connectivity index (χ0) is 17.1. The van der Waals surface area contributed by atoms with Crippen molar-refractivity contribution in [1.82, 2.24) is 0 Å². The molecule has 0 saturated heterocycles. The van der Waals surface area contributed by atoms with E-state index in [1.165, 1.54) is 12.1 Å². The first-order chi connectivity index (χ1) is 10.7. The summed E-state index contributed by atoms with van der Waals surface area (Å²) in [5, 5.41) is 0.568. The van der Waals surface area contributed by atoms with Gasteiger partial charge in [-0.3, -0.25) is 0 Å². The molecule has 0 aromatic heterocycles. The Kier molecular flexibility index (Phi) is 4.89. The van der Waals surface area contributed by atoms with Gasteiger partial charge in [-0.15, -0.1) is 0 Å². The van der Waals surface area contributed by atoms with Crippen LogP contribution in [0.25, 0.3) is 0 Å². The van der Waals surface area contributed by atoms with E-state index in [2.05, 4.69) is 4.84 Å². The third-order valence-electron chi connectivity index (χ3n) is 3.11. The number of hydrogen-bond acceptors (Lipinski definition) is 2. The fourth-order valence-corrected chi connectivity index (χ4v) is 1.95. The minimum atomic E-state index is -5.80. The molecule has 0 fully saturated rings. The van der Waals surface area contributed by atoms with Crippen LogP contribution in [-0.4, -0.2) is 12.3 Å². The second-order valence-electron chi connectivity index (χ2n) is 4.91. The number of aryl methyl sites for hydroxylation is 1. The number of hydroxylamine groups is 1. The third-order valence-corrected chi connectivity index (χ3v) is 3.11. The molecule has 0 saturated carbocycles. The number of benzene rings is 2. The highest BCUT2D eigenvalue weighted by molar-refractivity contribution is 5.51. The van der Waals surface area contributed by atoms with Crippen molar-refractivity contribution >= 4 is 5.69 Å². The predicted molar refractivity (Wildman–Crippen MR) is 75.9 cm³/mol. The molecule has 0 aliphatic heterocycles. The molecule has 2 rings (SSSR count). The van der Waals surface area contributed by atoms with E-state index in [1.54, 1.807) is 49.4 Å². The number of nitrogens with zero attached hydrogens (tertiary/aromatic N) is 1. The number of halogens is 5. The topological polar surface area (TPSA) is 12.5 Å². The zero-order valence-electron chi connectivity index (χ0n) is 12.1. The summed E-state index contributed by atoms with van der Waals surface area (Å²) in [5.74, 6) is 0. The summed E-state index contributed by atoms with van der Waals surface area (Å²) in [5.41, 5.74) is 1.19. The molecule has 0 N–H and O–H groups in total. The van der Waals surface area contributed by atoms with E-state index in [0.717, 1.165) is 0 Å². The van der Waals surface area contributed by atoms with Gasteiger partial charge in [0.2, 0.25) is 0 Å². The maximum atomic E-state index is 13.3. The number of alkyl halides is 5. The highest BCUT2D eigenvalue weighted by Crippen LogP contribution is 2.38. The maximum Gasteiger partial charge on any atom is 0.485 e. The van der Waals surface area contributed by atoms with Gasteiger partial charge in [0.25, 0.3) is 0 Å². The Balaban J connectivity index is 2.34. The molecular formula is C16H14F5NO. The van der Waals surface area contributed by atoms with Gasteiger partial charge in [-0.05, 0) is 24.1 Å². The smallest absolute Gasteiger partial charge is 0.243 e. The van der Waals surface area contributed by atoms with Crippen LogP contribution in [0.4, 0.5) is 27.6 Å². The van der Waals surface area contributed by atoms with E-state index in [-0.39, 0.29) is 12.2 Å². The van der Waals surface area contributed by atoms with Crippen molar-refractivity contribution in [2.75, 3.05) is 5.06 Å². The molecule has 2 aromatic carbocycles. The Hall–Kier alpha value is -2.15. The van der Waals surface area contributed by atoms with Crippen molar-refractivity contribution in [3.8, 4) is 0 Å². The minimum Gasteiger partial charge on any atom is -0.243 e. The van der Waals surface area contributed by atoms with Gasteiger partial charge in [-0.2, -0.15) is 26.8 Å². The SMILES string of the molecule is Cc1ccccc1N(Cc1ccccc1)OC(F)(F)C(F)(F)F. The molecule has 0 heterocycles. The second kappa shape index (κ2) is 6.54. The lowest BCUT2D eigenvalue weighted by Crippen LogP contribution is -2.45. The molecule has 2 aromatic rings. The van der Waals surface area contributed by atoms with Crippen LogP contribution in [0.1, 0.15) is 11.1 Å². The average Bonchev–Trinajstić information content (AvgIpc) is 2.47. The predicted octanol–water partition coefficient (Wildman–Crippen LogP) is 5.09. The lowest BCUT2D eigenvalue weighted by atomic mass is 10.1. The summed E-state index contributed by atoms with van der Waals surface area (Å²) in [7, 11) is 0. The Labute approximate surface area is 130 Å². The summed E-state index contributed by atoms with van der Waals surface area (Å²) < 4.78 is 64.0. The Morgan fingerprint density at radius 1 is 0.870 bits per heavy atom. The summed E-state index contributed by atoms with van der Waals surface area (Å²) in [4.78, 5) is 4.05. The van der Waals surface area contributed by atoms with Crippen molar-refractivity contribution in [2.45, 2.75) is 25.8 Å². The van der Waals surface area contributed by atoms with Crippen LogP contribution in [0.5, 0.6) is 0 Å². The Bertz CT molecular complexity index is 642. The van der Waals surface area contributed by atoms with E-state index < -0.39 is 12.3 Å². The van der Waals surface area contributed by atoms with E-state index in [4.69, 9.17) is 0 Å². The van der Waals surface area contributed by atoms with Gasteiger partial charge in [0, 0.05) is 0 Å². The quantitative estimate of drug-likeness (QED) is 0.559. The van der Waals surface area contributed by atoms with Crippen molar-refractivity contribution in [1.29, 1.82) is 0 Å². The molecular weight excluding hydrogens is 317 g/mol. The molecule has 23 heavy (non-hydrogen) atoms. The van der Waals surface area contributed by atoms with Crippen molar-refractivity contribution in [3.05, 3.63) is 65.7 Å².